The van der Waals surface area contributed by atoms with E-state index in [0.29, 0.717) is 33.9 Å². The van der Waals surface area contributed by atoms with Crippen molar-refractivity contribution in [3.05, 3.63) is 50.6 Å². The summed E-state index contributed by atoms with van der Waals surface area (Å²) in [6.45, 7) is 8.02. The lowest BCUT2D eigenvalue weighted by atomic mass is 10.1. The highest BCUT2D eigenvalue weighted by Gasteiger charge is 2.26. The molecule has 10 nitrogen and oxygen atoms in total. The number of benzene rings is 1. The number of ether oxygens (including phenoxy) is 2. The Morgan fingerprint density at radius 1 is 1.22 bits per heavy atom. The Labute approximate surface area is 221 Å². The number of primary amides is 1. The quantitative estimate of drug-likeness (QED) is 0.267. The number of carbonyl (C=O) groups excluding carboxylic acids is 3. The monoisotopic (exact) mass is 551 g/mol. The van der Waals surface area contributed by atoms with Gasteiger partial charge in [0.1, 0.15) is 17.4 Å². The molecule has 0 aliphatic carbocycles. The Hall–Kier alpha value is -3.09. The third-order valence-electron chi connectivity index (χ3n) is 5.04. The summed E-state index contributed by atoms with van der Waals surface area (Å²) < 4.78 is 12.8. The van der Waals surface area contributed by atoms with E-state index in [2.05, 4.69) is 15.5 Å². The first-order chi connectivity index (χ1) is 17.2. The van der Waals surface area contributed by atoms with Crippen molar-refractivity contribution in [2.75, 3.05) is 17.7 Å². The summed E-state index contributed by atoms with van der Waals surface area (Å²) in [7, 11) is 0. The molecule has 3 rings (SSSR count). The zero-order valence-electron chi connectivity index (χ0n) is 20.2. The highest BCUT2D eigenvalue weighted by Crippen LogP contribution is 2.34. The summed E-state index contributed by atoms with van der Waals surface area (Å²) in [6.07, 6.45) is 0. The van der Waals surface area contributed by atoms with Crippen LogP contribution in [0.15, 0.2) is 23.4 Å². The van der Waals surface area contributed by atoms with Crippen molar-refractivity contribution >= 4 is 57.5 Å². The molecule has 0 radical (unpaired) electrons. The average Bonchev–Trinajstić information content (AvgIpc) is 3.38. The molecule has 192 valence electrons. The van der Waals surface area contributed by atoms with Crippen LogP contribution in [0.2, 0.25) is 5.02 Å². The second-order valence-electron chi connectivity index (χ2n) is 7.52. The lowest BCUT2D eigenvalue weighted by molar-refractivity contribution is -0.113. The summed E-state index contributed by atoms with van der Waals surface area (Å²) in [5, 5.41) is 12.5. The van der Waals surface area contributed by atoms with Crippen LogP contribution in [0.25, 0.3) is 0 Å². The van der Waals surface area contributed by atoms with E-state index in [1.54, 1.807) is 26.0 Å². The fourth-order valence-corrected chi connectivity index (χ4v) is 5.29. The first kappa shape index (κ1) is 27.5. The molecular formula is C23H26ClN5O5S2. The molecule has 36 heavy (non-hydrogen) atoms. The number of carbonyl (C=O) groups is 3. The van der Waals surface area contributed by atoms with Crippen molar-refractivity contribution in [2.45, 2.75) is 46.0 Å². The summed E-state index contributed by atoms with van der Waals surface area (Å²) in [5.41, 5.74) is 6.82. The van der Waals surface area contributed by atoms with Crippen molar-refractivity contribution in [2.24, 2.45) is 5.73 Å². The minimum Gasteiger partial charge on any atom is -0.486 e. The van der Waals surface area contributed by atoms with Crippen LogP contribution in [-0.2, 0) is 22.7 Å². The number of aryl methyl sites for hydroxylation is 1. The number of rotatable bonds is 11. The second-order valence-corrected chi connectivity index (χ2v) is 9.89. The normalized spacial score (nSPS) is 10.8. The first-order valence-corrected chi connectivity index (χ1v) is 13.2. The van der Waals surface area contributed by atoms with E-state index in [4.69, 9.17) is 26.8 Å². The smallest absolute Gasteiger partial charge is 0.341 e. The standard InChI is InChI=1S/C23H26ClN5O5S2/c1-5-29-16(10-34-14-7-8-15(24)12(3)9-14)27-28-23(29)35-11-17(30)26-21-18(22(32)33-6-2)13(4)19(36-21)20(25)31/h7-9H,5-6,10-11H2,1-4H3,(H2,25,31)(H,26,30). The Morgan fingerprint density at radius 2 is 1.97 bits per heavy atom. The number of halogens is 1. The molecule has 1 aromatic carbocycles. The molecule has 0 unspecified atom stereocenters. The Balaban J connectivity index is 1.67. The number of anilines is 1. The third-order valence-corrected chi connectivity index (χ3v) is 7.66. The van der Waals surface area contributed by atoms with Crippen molar-refractivity contribution in [1.82, 2.24) is 14.8 Å². The third kappa shape index (κ3) is 6.37. The van der Waals surface area contributed by atoms with Crippen LogP contribution < -0.4 is 15.8 Å². The molecule has 3 aromatic rings. The van der Waals surface area contributed by atoms with Gasteiger partial charge < -0.3 is 25.1 Å². The fourth-order valence-electron chi connectivity index (χ4n) is 3.28. The molecule has 0 bridgehead atoms. The number of amides is 2. The molecule has 0 saturated heterocycles. The highest BCUT2D eigenvalue weighted by atomic mass is 35.5. The van der Waals surface area contributed by atoms with Crippen LogP contribution in [0.1, 0.15) is 50.8 Å². The van der Waals surface area contributed by atoms with Gasteiger partial charge >= 0.3 is 5.97 Å². The molecule has 3 N–H and O–H groups in total. The minimum absolute atomic E-state index is 0.000483. The minimum atomic E-state index is -0.683. The van der Waals surface area contributed by atoms with Gasteiger partial charge in [-0.3, -0.25) is 9.59 Å². The van der Waals surface area contributed by atoms with E-state index in [-0.39, 0.29) is 40.3 Å². The maximum absolute atomic E-state index is 12.7. The summed E-state index contributed by atoms with van der Waals surface area (Å²) >= 11 is 8.19. The number of aromatic nitrogens is 3. The van der Waals surface area contributed by atoms with Crippen LogP contribution in [0.5, 0.6) is 5.75 Å². The van der Waals surface area contributed by atoms with Gasteiger partial charge in [0.15, 0.2) is 11.0 Å². The van der Waals surface area contributed by atoms with E-state index in [9.17, 15) is 14.4 Å². The van der Waals surface area contributed by atoms with Crippen LogP contribution >= 0.6 is 34.7 Å². The number of nitrogens with zero attached hydrogens (tertiary/aromatic N) is 3. The molecule has 2 aromatic heterocycles. The lowest BCUT2D eigenvalue weighted by Gasteiger charge is -2.10. The van der Waals surface area contributed by atoms with E-state index in [1.165, 1.54) is 11.8 Å². The predicted molar refractivity (Wildman–Crippen MR) is 139 cm³/mol. The molecule has 0 fully saturated rings. The number of nitrogens with one attached hydrogen (secondary N) is 1. The number of thioether (sulfide) groups is 1. The van der Waals surface area contributed by atoms with E-state index >= 15 is 0 Å². The van der Waals surface area contributed by atoms with Crippen LogP contribution in [0, 0.1) is 13.8 Å². The van der Waals surface area contributed by atoms with E-state index in [0.717, 1.165) is 16.9 Å². The zero-order chi connectivity index (χ0) is 26.4. The second kappa shape index (κ2) is 12.2. The van der Waals surface area contributed by atoms with Crippen LogP contribution in [0.4, 0.5) is 5.00 Å². The molecule has 0 saturated carbocycles. The fraction of sp³-hybridized carbons (Fsp3) is 0.348. The Morgan fingerprint density at radius 3 is 2.61 bits per heavy atom. The first-order valence-electron chi connectivity index (χ1n) is 11.0. The summed E-state index contributed by atoms with van der Waals surface area (Å²) in [5.74, 6) is -0.429. The average molecular weight is 552 g/mol. The number of thiophene rings is 1. The molecule has 0 aliphatic rings. The lowest BCUT2D eigenvalue weighted by Crippen LogP contribution is -2.17. The van der Waals surface area contributed by atoms with Gasteiger partial charge in [0.2, 0.25) is 5.91 Å². The maximum Gasteiger partial charge on any atom is 0.341 e. The van der Waals surface area contributed by atoms with Gasteiger partial charge in [-0.1, -0.05) is 23.4 Å². The SMILES string of the molecule is CCOC(=O)c1c(NC(=O)CSc2nnc(COc3ccc(Cl)c(C)c3)n2CC)sc(C(N)=O)c1C. The molecular weight excluding hydrogens is 526 g/mol. The van der Waals surface area contributed by atoms with Crippen LogP contribution in [0.3, 0.4) is 0 Å². The molecule has 2 heterocycles. The highest BCUT2D eigenvalue weighted by molar-refractivity contribution is 7.99. The van der Waals surface area contributed by atoms with Gasteiger partial charge in [0.25, 0.3) is 5.91 Å². The topological polar surface area (TPSA) is 138 Å². The zero-order valence-corrected chi connectivity index (χ0v) is 22.6. The van der Waals surface area contributed by atoms with Crippen molar-refractivity contribution in [1.29, 1.82) is 0 Å². The van der Waals surface area contributed by atoms with E-state index in [1.807, 2.05) is 24.5 Å². The molecule has 0 spiro atoms. The molecule has 13 heteroatoms. The van der Waals surface area contributed by atoms with Gasteiger partial charge in [0, 0.05) is 11.6 Å². The van der Waals surface area contributed by atoms with Crippen molar-refractivity contribution in [3.8, 4) is 5.75 Å². The largest absolute Gasteiger partial charge is 0.486 e. The number of hydrogen-bond acceptors (Lipinski definition) is 9. The molecule has 0 atom stereocenters. The van der Waals surface area contributed by atoms with Crippen molar-refractivity contribution in [3.63, 3.8) is 0 Å². The molecule has 0 aliphatic heterocycles. The van der Waals surface area contributed by atoms with Gasteiger partial charge in [-0.05, 0) is 57.0 Å². The summed E-state index contributed by atoms with van der Waals surface area (Å²) in [6, 6.07) is 5.39. The summed E-state index contributed by atoms with van der Waals surface area (Å²) in [4.78, 5) is 37.0. The van der Waals surface area contributed by atoms with Gasteiger partial charge in [-0.2, -0.15) is 0 Å². The van der Waals surface area contributed by atoms with Gasteiger partial charge in [-0.15, -0.1) is 21.5 Å². The van der Waals surface area contributed by atoms with Gasteiger partial charge in [-0.25, -0.2) is 4.79 Å². The van der Waals surface area contributed by atoms with Gasteiger partial charge in [0.05, 0.1) is 22.8 Å². The predicted octanol–water partition coefficient (Wildman–Crippen LogP) is 4.22. The number of esters is 1. The molecule has 2 amide bonds. The van der Waals surface area contributed by atoms with Crippen LogP contribution in [-0.4, -0.2) is 44.9 Å². The Bertz CT molecular complexity index is 1290. The van der Waals surface area contributed by atoms with E-state index < -0.39 is 11.9 Å². The number of hydrogen-bond donors (Lipinski definition) is 2. The Kier molecular flexibility index (Phi) is 9.35. The maximum atomic E-state index is 12.7. The number of nitrogens with two attached hydrogens (primary N) is 1. The van der Waals surface area contributed by atoms with Crippen molar-refractivity contribution < 1.29 is 23.9 Å².